The zero-order chi connectivity index (χ0) is 18.0. The van der Waals surface area contributed by atoms with Crippen molar-refractivity contribution in [2.24, 2.45) is 0 Å². The molecule has 5 rings (SSSR count). The minimum Gasteiger partial charge on any atom is -0.508 e. The summed E-state index contributed by atoms with van der Waals surface area (Å²) in [6.45, 7) is 5.92. The van der Waals surface area contributed by atoms with Crippen LogP contribution < -0.4 is 5.56 Å². The van der Waals surface area contributed by atoms with Crippen LogP contribution in [0.2, 0.25) is 0 Å². The van der Waals surface area contributed by atoms with Gasteiger partial charge in [-0.1, -0.05) is 30.4 Å². The van der Waals surface area contributed by atoms with E-state index >= 15 is 0 Å². The molecule has 3 heterocycles. The van der Waals surface area contributed by atoms with E-state index in [0.29, 0.717) is 11.8 Å². The van der Waals surface area contributed by atoms with Crippen LogP contribution in [0.15, 0.2) is 65.6 Å². The Morgan fingerprint density at radius 2 is 1.88 bits per heavy atom. The highest BCUT2D eigenvalue weighted by atomic mass is 16.3. The number of nitrogens with zero attached hydrogens (tertiary/aromatic N) is 2. The normalized spacial score (nSPS) is 11.9. The number of aromatic hydroxyl groups is 1. The summed E-state index contributed by atoms with van der Waals surface area (Å²) in [5.74, 6) is 0.224. The van der Waals surface area contributed by atoms with Crippen molar-refractivity contribution in [2.75, 3.05) is 0 Å². The number of aromatic nitrogens is 2. The van der Waals surface area contributed by atoms with Crippen LogP contribution in [0, 0.1) is 0 Å². The fourth-order valence-corrected chi connectivity index (χ4v) is 4.00. The minimum atomic E-state index is -0.0620. The Morgan fingerprint density at radius 1 is 1.12 bits per heavy atom. The maximum atomic E-state index is 13.2. The van der Waals surface area contributed by atoms with Crippen LogP contribution in [0.25, 0.3) is 38.1 Å². The van der Waals surface area contributed by atoms with Crippen molar-refractivity contribution in [3.63, 3.8) is 0 Å². The third-order valence-corrected chi connectivity index (χ3v) is 5.02. The first-order chi connectivity index (χ1) is 12.6. The molecule has 2 aromatic carbocycles. The van der Waals surface area contributed by atoms with Crippen LogP contribution in [0.4, 0.5) is 0 Å². The average molecular weight is 340 g/mol. The van der Waals surface area contributed by atoms with Gasteiger partial charge < -0.3 is 5.11 Å². The Labute approximate surface area is 149 Å². The van der Waals surface area contributed by atoms with Gasteiger partial charge in [0.05, 0.1) is 16.6 Å². The lowest BCUT2D eigenvalue weighted by atomic mass is 10.00. The molecule has 26 heavy (non-hydrogen) atoms. The van der Waals surface area contributed by atoms with E-state index in [1.807, 2.05) is 43.3 Å². The first-order valence-corrected chi connectivity index (χ1v) is 8.50. The van der Waals surface area contributed by atoms with Gasteiger partial charge in [0.1, 0.15) is 5.75 Å². The van der Waals surface area contributed by atoms with Gasteiger partial charge in [-0.2, -0.15) is 0 Å². The zero-order valence-corrected chi connectivity index (χ0v) is 14.3. The van der Waals surface area contributed by atoms with E-state index in [1.54, 1.807) is 16.7 Å². The number of phenolic OH excluding ortho intramolecular Hbond substituents is 1. The predicted octanol–water partition coefficient (Wildman–Crippen LogP) is 4.42. The molecular formula is C22H16N2O2. The van der Waals surface area contributed by atoms with Gasteiger partial charge >= 0.3 is 0 Å². The molecule has 3 aromatic heterocycles. The number of hydrogen-bond donors (Lipinski definition) is 1. The highest BCUT2D eigenvalue weighted by Crippen LogP contribution is 2.38. The number of hydrogen-bond acceptors (Lipinski definition) is 3. The molecule has 0 aliphatic heterocycles. The lowest BCUT2D eigenvalue weighted by Crippen LogP contribution is -2.13. The maximum absolute atomic E-state index is 13.2. The zero-order valence-electron chi connectivity index (χ0n) is 14.3. The van der Waals surface area contributed by atoms with Crippen molar-refractivity contribution in [1.29, 1.82) is 0 Å². The van der Waals surface area contributed by atoms with Crippen molar-refractivity contribution in [2.45, 2.75) is 13.3 Å². The van der Waals surface area contributed by atoms with E-state index < -0.39 is 0 Å². The third-order valence-electron chi connectivity index (χ3n) is 5.02. The Hall–Kier alpha value is -3.40. The standard InChI is InChI=1S/C22H16N2O2/c1-12(2)11-16-18(25)8-7-17-19(16)15-9-10-23-20-13-5-3-4-6-14(13)22(26)24(17)21(15)20/h3-10,25H,1,11H2,2H3. The van der Waals surface area contributed by atoms with E-state index in [2.05, 4.69) is 11.6 Å². The number of phenols is 1. The molecule has 4 nitrogen and oxygen atoms in total. The Morgan fingerprint density at radius 3 is 2.65 bits per heavy atom. The van der Waals surface area contributed by atoms with Crippen molar-refractivity contribution < 1.29 is 5.11 Å². The molecule has 0 amide bonds. The van der Waals surface area contributed by atoms with Crippen molar-refractivity contribution in [1.82, 2.24) is 9.38 Å². The summed E-state index contributed by atoms with van der Waals surface area (Å²) in [4.78, 5) is 17.8. The molecule has 0 saturated carbocycles. The predicted molar refractivity (Wildman–Crippen MR) is 105 cm³/mol. The van der Waals surface area contributed by atoms with E-state index in [4.69, 9.17) is 0 Å². The molecule has 0 bridgehead atoms. The van der Waals surface area contributed by atoms with Crippen LogP contribution >= 0.6 is 0 Å². The third kappa shape index (κ3) is 1.78. The number of fused-ring (bicyclic) bond motifs is 5. The molecule has 0 aliphatic carbocycles. The number of rotatable bonds is 2. The van der Waals surface area contributed by atoms with Gasteiger partial charge in [0, 0.05) is 33.3 Å². The maximum Gasteiger partial charge on any atom is 0.263 e. The van der Waals surface area contributed by atoms with E-state index in [9.17, 15) is 9.90 Å². The Bertz CT molecular complexity index is 1410. The summed E-state index contributed by atoms with van der Waals surface area (Å²) in [7, 11) is 0. The molecular weight excluding hydrogens is 324 g/mol. The molecule has 4 heteroatoms. The molecule has 0 saturated heterocycles. The van der Waals surface area contributed by atoms with Crippen molar-refractivity contribution in [3.8, 4) is 5.75 Å². The van der Waals surface area contributed by atoms with E-state index in [1.165, 1.54) is 0 Å². The largest absolute Gasteiger partial charge is 0.508 e. The van der Waals surface area contributed by atoms with Gasteiger partial charge in [0.2, 0.25) is 0 Å². The monoisotopic (exact) mass is 340 g/mol. The number of pyridine rings is 2. The molecule has 0 aliphatic rings. The highest BCUT2D eigenvalue weighted by Gasteiger charge is 2.20. The van der Waals surface area contributed by atoms with Crippen molar-refractivity contribution >= 4 is 38.1 Å². The number of benzene rings is 2. The Balaban J connectivity index is 2.16. The van der Waals surface area contributed by atoms with E-state index in [0.717, 1.165) is 43.8 Å². The second kappa shape index (κ2) is 5.05. The van der Waals surface area contributed by atoms with Gasteiger partial charge in [-0.05, 0) is 37.6 Å². The van der Waals surface area contributed by atoms with Gasteiger partial charge in [-0.3, -0.25) is 14.2 Å². The number of allylic oxidation sites excluding steroid dienone is 1. The van der Waals surface area contributed by atoms with Crippen LogP contribution in [0.5, 0.6) is 5.75 Å². The fraction of sp³-hybridized carbons (Fsp3) is 0.0909. The van der Waals surface area contributed by atoms with Crippen LogP contribution in [0.3, 0.4) is 0 Å². The quantitative estimate of drug-likeness (QED) is 0.382. The van der Waals surface area contributed by atoms with Gasteiger partial charge in [-0.15, -0.1) is 0 Å². The van der Waals surface area contributed by atoms with Crippen molar-refractivity contribution in [3.05, 3.63) is 76.7 Å². The second-order valence-electron chi connectivity index (χ2n) is 6.83. The smallest absolute Gasteiger partial charge is 0.263 e. The molecule has 5 aromatic rings. The molecule has 0 fully saturated rings. The first-order valence-electron chi connectivity index (χ1n) is 8.50. The highest BCUT2D eigenvalue weighted by molar-refractivity contribution is 6.19. The van der Waals surface area contributed by atoms with Crippen LogP contribution in [-0.2, 0) is 6.42 Å². The molecule has 0 spiro atoms. The molecule has 0 radical (unpaired) electrons. The SMILES string of the molecule is C=C(C)Cc1c(O)ccc2c1c1ccnc3c4ccccc4c(=O)n2c13. The van der Waals surface area contributed by atoms with Crippen LogP contribution in [-0.4, -0.2) is 14.5 Å². The minimum absolute atomic E-state index is 0.0620. The molecule has 0 unspecified atom stereocenters. The molecule has 1 N–H and O–H groups in total. The summed E-state index contributed by atoms with van der Waals surface area (Å²) in [6.07, 6.45) is 2.32. The lowest BCUT2D eigenvalue weighted by molar-refractivity contribution is 0.470. The van der Waals surface area contributed by atoms with Gasteiger partial charge in [0.25, 0.3) is 5.56 Å². The summed E-state index contributed by atoms with van der Waals surface area (Å²) in [5, 5.41) is 13.8. The molecule has 0 atom stereocenters. The summed E-state index contributed by atoms with van der Waals surface area (Å²) in [5.41, 5.74) is 4.09. The summed E-state index contributed by atoms with van der Waals surface area (Å²) >= 11 is 0. The van der Waals surface area contributed by atoms with Gasteiger partial charge in [-0.25, -0.2) is 0 Å². The first kappa shape index (κ1) is 14.9. The Kier molecular flexibility index (Phi) is 2.89. The lowest BCUT2D eigenvalue weighted by Gasteiger charge is -2.07. The average Bonchev–Trinajstić information content (AvgIpc) is 2.97. The summed E-state index contributed by atoms with van der Waals surface area (Å²) in [6, 6.07) is 12.9. The molecule has 126 valence electrons. The van der Waals surface area contributed by atoms with Crippen LogP contribution in [0.1, 0.15) is 12.5 Å². The fourth-order valence-electron chi connectivity index (χ4n) is 4.00. The second-order valence-corrected chi connectivity index (χ2v) is 6.83. The topological polar surface area (TPSA) is 54.6 Å². The van der Waals surface area contributed by atoms with E-state index in [-0.39, 0.29) is 11.3 Å². The van der Waals surface area contributed by atoms with Gasteiger partial charge in [0.15, 0.2) is 0 Å². The summed E-state index contributed by atoms with van der Waals surface area (Å²) < 4.78 is 1.73.